The van der Waals surface area contributed by atoms with Crippen LogP contribution in [0, 0.1) is 0 Å². The minimum absolute atomic E-state index is 0.478. The van der Waals surface area contributed by atoms with Crippen molar-refractivity contribution in [3.63, 3.8) is 0 Å². The third-order valence-electron chi connectivity index (χ3n) is 3.41. The van der Waals surface area contributed by atoms with E-state index in [2.05, 4.69) is 9.97 Å². The summed E-state index contributed by atoms with van der Waals surface area (Å²) in [5, 5.41) is 0.936. The number of primary amides is 1. The van der Waals surface area contributed by atoms with Crippen molar-refractivity contribution in [3.05, 3.63) is 54.4 Å². The second-order valence-electron chi connectivity index (χ2n) is 4.83. The Morgan fingerprint density at radius 1 is 1.27 bits per heavy atom. The first kappa shape index (κ1) is 13.9. The maximum Gasteiger partial charge on any atom is 0.241 e. The number of nitrogens with zero attached hydrogens (tertiary/aromatic N) is 1. The smallest absolute Gasteiger partial charge is 0.241 e. The molecule has 5 nitrogen and oxygen atoms in total. The van der Waals surface area contributed by atoms with Crippen LogP contribution < -0.4 is 10.5 Å². The normalized spacial score (nSPS) is 11.1. The molecule has 2 aromatic heterocycles. The Morgan fingerprint density at radius 3 is 2.73 bits per heavy atom. The van der Waals surface area contributed by atoms with Gasteiger partial charge in [0, 0.05) is 35.0 Å². The highest BCUT2D eigenvalue weighted by Gasteiger charge is 2.06. The number of benzene rings is 1. The van der Waals surface area contributed by atoms with Crippen molar-refractivity contribution in [2.24, 2.45) is 5.73 Å². The van der Waals surface area contributed by atoms with Crippen LogP contribution in [-0.4, -0.2) is 23.0 Å². The Balaban J connectivity index is 2.03. The Hall–Kier alpha value is -3.08. The average molecular weight is 293 g/mol. The maximum absolute atomic E-state index is 10.9. The van der Waals surface area contributed by atoms with E-state index in [9.17, 15) is 4.79 Å². The number of hydrogen-bond donors (Lipinski definition) is 2. The van der Waals surface area contributed by atoms with Gasteiger partial charge in [0.15, 0.2) is 0 Å². The highest BCUT2D eigenvalue weighted by atomic mass is 16.5. The summed E-state index contributed by atoms with van der Waals surface area (Å²) in [6.45, 7) is 0. The first-order valence-electron chi connectivity index (χ1n) is 6.76. The molecule has 1 amide bonds. The summed E-state index contributed by atoms with van der Waals surface area (Å²) in [5.41, 5.74) is 8.81. The molecule has 3 aromatic rings. The standard InChI is InChI=1S/C17H15N3O2/c1-22-14-5-2-11(3-6-14)13-8-15-12(4-7-16(18)21)9-19-17(15)20-10-13/h2-10H,1H3,(H2,18,21)(H,19,20). The molecule has 0 aliphatic heterocycles. The van der Waals surface area contributed by atoms with E-state index in [1.165, 1.54) is 6.08 Å². The summed E-state index contributed by atoms with van der Waals surface area (Å²) in [5.74, 6) is 0.332. The monoisotopic (exact) mass is 293 g/mol. The van der Waals surface area contributed by atoms with Gasteiger partial charge in [0.25, 0.3) is 0 Å². The van der Waals surface area contributed by atoms with Crippen molar-refractivity contribution in [2.75, 3.05) is 7.11 Å². The molecule has 0 unspecified atom stereocenters. The Labute approximate surface area is 127 Å². The zero-order valence-corrected chi connectivity index (χ0v) is 12.0. The number of amides is 1. The highest BCUT2D eigenvalue weighted by molar-refractivity contribution is 5.95. The number of pyridine rings is 1. The number of rotatable bonds is 4. The first-order valence-corrected chi connectivity index (χ1v) is 6.76. The van der Waals surface area contributed by atoms with Gasteiger partial charge >= 0.3 is 0 Å². The lowest BCUT2D eigenvalue weighted by molar-refractivity contribution is -0.113. The molecule has 0 radical (unpaired) electrons. The van der Waals surface area contributed by atoms with Crippen LogP contribution in [0.1, 0.15) is 5.56 Å². The predicted octanol–water partition coefficient (Wildman–Crippen LogP) is 2.74. The first-order chi connectivity index (χ1) is 10.7. The molecule has 110 valence electrons. The van der Waals surface area contributed by atoms with Crippen LogP contribution >= 0.6 is 0 Å². The lowest BCUT2D eigenvalue weighted by Gasteiger charge is -2.04. The number of aromatic nitrogens is 2. The lowest BCUT2D eigenvalue weighted by atomic mass is 10.1. The van der Waals surface area contributed by atoms with Gasteiger partial charge in [-0.05, 0) is 29.8 Å². The molecule has 0 aliphatic carbocycles. The lowest BCUT2D eigenvalue weighted by Crippen LogP contribution is -2.04. The molecular weight excluding hydrogens is 278 g/mol. The van der Waals surface area contributed by atoms with Crippen molar-refractivity contribution in [3.8, 4) is 16.9 Å². The SMILES string of the molecule is COc1ccc(-c2cnc3[nH]cc(C=CC(N)=O)c3c2)cc1. The predicted molar refractivity (Wildman–Crippen MR) is 86.3 cm³/mol. The number of fused-ring (bicyclic) bond motifs is 1. The van der Waals surface area contributed by atoms with Crippen LogP contribution in [0.25, 0.3) is 28.2 Å². The maximum atomic E-state index is 10.9. The fourth-order valence-electron chi connectivity index (χ4n) is 2.27. The van der Waals surface area contributed by atoms with Gasteiger partial charge in [-0.25, -0.2) is 4.98 Å². The minimum Gasteiger partial charge on any atom is -0.497 e. The van der Waals surface area contributed by atoms with Crippen LogP contribution in [-0.2, 0) is 4.79 Å². The van der Waals surface area contributed by atoms with Gasteiger partial charge in [-0.3, -0.25) is 4.79 Å². The van der Waals surface area contributed by atoms with Crippen molar-refractivity contribution in [1.82, 2.24) is 9.97 Å². The molecule has 22 heavy (non-hydrogen) atoms. The molecule has 0 atom stereocenters. The number of carbonyl (C=O) groups is 1. The van der Waals surface area contributed by atoms with E-state index in [-0.39, 0.29) is 0 Å². The topological polar surface area (TPSA) is 81.0 Å². The zero-order chi connectivity index (χ0) is 15.5. The van der Waals surface area contributed by atoms with E-state index in [1.54, 1.807) is 19.4 Å². The molecule has 2 heterocycles. The summed E-state index contributed by atoms with van der Waals surface area (Å²) in [6.07, 6.45) is 6.63. The van der Waals surface area contributed by atoms with Crippen molar-refractivity contribution in [1.29, 1.82) is 0 Å². The van der Waals surface area contributed by atoms with Crippen molar-refractivity contribution < 1.29 is 9.53 Å². The fourth-order valence-corrected chi connectivity index (χ4v) is 2.27. The summed E-state index contributed by atoms with van der Waals surface area (Å²) >= 11 is 0. The van der Waals surface area contributed by atoms with Gasteiger partial charge < -0.3 is 15.5 Å². The molecule has 0 saturated heterocycles. The Bertz CT molecular complexity index is 848. The second-order valence-corrected chi connectivity index (χ2v) is 4.83. The van der Waals surface area contributed by atoms with Gasteiger partial charge in [-0.15, -0.1) is 0 Å². The summed E-state index contributed by atoms with van der Waals surface area (Å²) in [7, 11) is 1.64. The number of aromatic amines is 1. The summed E-state index contributed by atoms with van der Waals surface area (Å²) < 4.78 is 5.16. The molecule has 0 spiro atoms. The van der Waals surface area contributed by atoms with Crippen LogP contribution in [0.4, 0.5) is 0 Å². The number of nitrogens with one attached hydrogen (secondary N) is 1. The van der Waals surface area contributed by atoms with Crippen LogP contribution in [0.5, 0.6) is 5.75 Å². The molecule has 0 fully saturated rings. The van der Waals surface area contributed by atoms with Gasteiger partial charge in [-0.2, -0.15) is 0 Å². The average Bonchev–Trinajstić information content (AvgIpc) is 2.95. The molecule has 1 aromatic carbocycles. The third-order valence-corrected chi connectivity index (χ3v) is 3.41. The fraction of sp³-hybridized carbons (Fsp3) is 0.0588. The Kier molecular flexibility index (Phi) is 3.62. The van der Waals surface area contributed by atoms with Crippen molar-refractivity contribution in [2.45, 2.75) is 0 Å². The number of H-pyrrole nitrogens is 1. The van der Waals surface area contributed by atoms with Crippen LogP contribution in [0.3, 0.4) is 0 Å². The quantitative estimate of drug-likeness (QED) is 0.726. The number of carbonyl (C=O) groups excluding carboxylic acids is 1. The van der Waals surface area contributed by atoms with E-state index < -0.39 is 5.91 Å². The molecule has 0 saturated carbocycles. The second kappa shape index (κ2) is 5.73. The van der Waals surface area contributed by atoms with Gasteiger partial charge in [0.2, 0.25) is 5.91 Å². The largest absolute Gasteiger partial charge is 0.497 e. The van der Waals surface area contributed by atoms with Gasteiger partial charge in [-0.1, -0.05) is 12.1 Å². The number of nitrogens with two attached hydrogens (primary N) is 1. The van der Waals surface area contributed by atoms with Crippen LogP contribution in [0.2, 0.25) is 0 Å². The van der Waals surface area contributed by atoms with E-state index in [0.29, 0.717) is 0 Å². The molecule has 0 bridgehead atoms. The highest BCUT2D eigenvalue weighted by Crippen LogP contribution is 2.26. The Morgan fingerprint density at radius 2 is 2.05 bits per heavy atom. The number of hydrogen-bond acceptors (Lipinski definition) is 3. The molecule has 3 rings (SSSR count). The molecule has 0 aliphatic rings. The van der Waals surface area contributed by atoms with E-state index >= 15 is 0 Å². The van der Waals surface area contributed by atoms with E-state index in [0.717, 1.165) is 33.5 Å². The summed E-state index contributed by atoms with van der Waals surface area (Å²) in [4.78, 5) is 18.4. The van der Waals surface area contributed by atoms with Gasteiger partial charge in [0.1, 0.15) is 11.4 Å². The van der Waals surface area contributed by atoms with E-state index in [4.69, 9.17) is 10.5 Å². The third kappa shape index (κ3) is 2.69. The van der Waals surface area contributed by atoms with Crippen molar-refractivity contribution >= 4 is 23.0 Å². The van der Waals surface area contributed by atoms with Gasteiger partial charge in [0.05, 0.1) is 7.11 Å². The molecule has 3 N–H and O–H groups in total. The molecular formula is C17H15N3O2. The van der Waals surface area contributed by atoms with Crippen LogP contribution in [0.15, 0.2) is 48.8 Å². The number of ether oxygens (including phenoxy) is 1. The van der Waals surface area contributed by atoms with E-state index in [1.807, 2.05) is 36.5 Å². The minimum atomic E-state index is -0.478. The zero-order valence-electron chi connectivity index (χ0n) is 12.0. The summed E-state index contributed by atoms with van der Waals surface area (Å²) in [6, 6.07) is 9.80. The number of methoxy groups -OCH3 is 1. The molecule has 5 heteroatoms.